The van der Waals surface area contributed by atoms with Crippen LogP contribution in [0.1, 0.15) is 11.3 Å². The Kier molecular flexibility index (Phi) is 4.12. The number of rotatable bonds is 2. The molecule has 3 rings (SSSR count). The van der Waals surface area contributed by atoms with Gasteiger partial charge in [-0.1, -0.05) is 22.0 Å². The SMILES string of the molecule is Cc1cc(-c2ccc(/C=C3/C(=O)N(C)C(=S)N3C)o2)ccc1Br. The second-order valence-electron chi connectivity index (χ2n) is 5.40. The van der Waals surface area contributed by atoms with Crippen LogP contribution in [0.25, 0.3) is 17.4 Å². The summed E-state index contributed by atoms with van der Waals surface area (Å²) in [5.74, 6) is 1.25. The molecule has 23 heavy (non-hydrogen) atoms. The van der Waals surface area contributed by atoms with Crippen LogP contribution in [-0.2, 0) is 4.79 Å². The highest BCUT2D eigenvalue weighted by atomic mass is 79.9. The number of amides is 1. The average molecular weight is 391 g/mol. The van der Waals surface area contributed by atoms with Crippen LogP contribution in [0.3, 0.4) is 0 Å². The molecule has 0 spiro atoms. The largest absolute Gasteiger partial charge is 0.457 e. The van der Waals surface area contributed by atoms with Gasteiger partial charge in [-0.25, -0.2) is 0 Å². The van der Waals surface area contributed by atoms with Gasteiger partial charge in [-0.05, 0) is 49.0 Å². The molecule has 1 aromatic heterocycles. The van der Waals surface area contributed by atoms with E-state index < -0.39 is 0 Å². The smallest absolute Gasteiger partial charge is 0.276 e. The predicted molar refractivity (Wildman–Crippen MR) is 97.7 cm³/mol. The molecule has 0 N–H and O–H groups in total. The zero-order valence-corrected chi connectivity index (χ0v) is 15.4. The van der Waals surface area contributed by atoms with E-state index in [1.165, 1.54) is 4.90 Å². The molecular weight excluding hydrogens is 376 g/mol. The van der Waals surface area contributed by atoms with Gasteiger partial charge >= 0.3 is 0 Å². The van der Waals surface area contributed by atoms with Gasteiger partial charge in [-0.3, -0.25) is 9.69 Å². The fraction of sp³-hybridized carbons (Fsp3) is 0.176. The molecule has 1 saturated heterocycles. The van der Waals surface area contributed by atoms with Crippen molar-refractivity contribution >= 4 is 45.2 Å². The van der Waals surface area contributed by atoms with Gasteiger partial charge in [0, 0.05) is 30.2 Å². The highest BCUT2D eigenvalue weighted by molar-refractivity contribution is 9.10. The van der Waals surface area contributed by atoms with Crippen molar-refractivity contribution in [3.05, 3.63) is 51.8 Å². The number of benzene rings is 1. The Hall–Kier alpha value is -1.92. The summed E-state index contributed by atoms with van der Waals surface area (Å²) < 4.78 is 6.92. The molecule has 1 amide bonds. The fourth-order valence-corrected chi connectivity index (χ4v) is 2.83. The third-order valence-corrected chi connectivity index (χ3v) is 5.24. The predicted octanol–water partition coefficient (Wildman–Crippen LogP) is 4.05. The molecule has 1 fully saturated rings. The lowest BCUT2D eigenvalue weighted by atomic mass is 10.1. The third kappa shape index (κ3) is 2.84. The van der Waals surface area contributed by atoms with Crippen molar-refractivity contribution in [2.75, 3.05) is 14.1 Å². The third-order valence-electron chi connectivity index (χ3n) is 3.81. The van der Waals surface area contributed by atoms with E-state index in [0.29, 0.717) is 16.6 Å². The van der Waals surface area contributed by atoms with E-state index in [1.54, 1.807) is 25.1 Å². The first-order valence-electron chi connectivity index (χ1n) is 7.02. The van der Waals surface area contributed by atoms with Crippen LogP contribution in [0.2, 0.25) is 0 Å². The van der Waals surface area contributed by atoms with Crippen molar-refractivity contribution in [2.24, 2.45) is 0 Å². The Morgan fingerprint density at radius 2 is 1.91 bits per heavy atom. The maximum atomic E-state index is 12.2. The maximum Gasteiger partial charge on any atom is 0.276 e. The molecule has 0 aliphatic carbocycles. The van der Waals surface area contributed by atoms with E-state index in [1.807, 2.05) is 31.2 Å². The molecule has 1 aliphatic rings. The summed E-state index contributed by atoms with van der Waals surface area (Å²) in [6, 6.07) is 9.78. The van der Waals surface area contributed by atoms with Gasteiger partial charge in [-0.2, -0.15) is 0 Å². The van der Waals surface area contributed by atoms with Crippen LogP contribution in [0.15, 0.2) is 44.9 Å². The normalized spacial score (nSPS) is 16.8. The topological polar surface area (TPSA) is 36.7 Å². The van der Waals surface area contributed by atoms with Crippen LogP contribution in [0.5, 0.6) is 0 Å². The molecule has 0 unspecified atom stereocenters. The summed E-state index contributed by atoms with van der Waals surface area (Å²) in [6.45, 7) is 2.03. The van der Waals surface area contributed by atoms with Crippen LogP contribution >= 0.6 is 28.1 Å². The Morgan fingerprint density at radius 1 is 1.17 bits per heavy atom. The molecule has 2 aromatic rings. The molecule has 118 valence electrons. The van der Waals surface area contributed by atoms with Gasteiger partial charge in [0.15, 0.2) is 5.11 Å². The van der Waals surface area contributed by atoms with Crippen molar-refractivity contribution in [2.45, 2.75) is 6.92 Å². The molecule has 4 nitrogen and oxygen atoms in total. The van der Waals surface area contributed by atoms with Crippen LogP contribution in [0.4, 0.5) is 0 Å². The van der Waals surface area contributed by atoms with Gasteiger partial charge in [0.2, 0.25) is 0 Å². The lowest BCUT2D eigenvalue weighted by Crippen LogP contribution is -2.26. The monoisotopic (exact) mass is 390 g/mol. The molecule has 6 heteroatoms. The Labute approximate surface area is 148 Å². The lowest BCUT2D eigenvalue weighted by molar-refractivity contribution is -0.121. The van der Waals surface area contributed by atoms with Gasteiger partial charge in [0.25, 0.3) is 5.91 Å². The molecular formula is C17H15BrN2O2S. The van der Waals surface area contributed by atoms with E-state index in [2.05, 4.69) is 22.0 Å². The number of aryl methyl sites for hydroxylation is 1. The number of carbonyl (C=O) groups excluding carboxylic acids is 1. The van der Waals surface area contributed by atoms with Crippen molar-refractivity contribution in [3.63, 3.8) is 0 Å². The molecule has 2 heterocycles. The average Bonchev–Trinajstić information content (AvgIpc) is 3.06. The minimum absolute atomic E-state index is 0.130. The van der Waals surface area contributed by atoms with E-state index in [0.717, 1.165) is 21.4 Å². The minimum Gasteiger partial charge on any atom is -0.457 e. The molecule has 0 atom stereocenters. The number of furan rings is 1. The number of halogens is 1. The summed E-state index contributed by atoms with van der Waals surface area (Å²) in [4.78, 5) is 15.3. The summed E-state index contributed by atoms with van der Waals surface area (Å²) in [5, 5.41) is 0.483. The standard InChI is InChI=1S/C17H15BrN2O2S/c1-10-8-11(4-6-13(10)18)15-7-5-12(22-15)9-14-16(21)20(3)17(23)19(14)2/h4-9H,1-3H3/b14-9-. The first-order chi connectivity index (χ1) is 10.9. The molecule has 0 bridgehead atoms. The van der Waals surface area contributed by atoms with Crippen LogP contribution in [-0.4, -0.2) is 34.9 Å². The number of hydrogen-bond donors (Lipinski definition) is 0. The number of thiocarbonyl (C=S) groups is 1. The summed E-state index contributed by atoms with van der Waals surface area (Å²) in [7, 11) is 3.44. The molecule has 0 saturated carbocycles. The van der Waals surface area contributed by atoms with E-state index in [9.17, 15) is 4.79 Å². The van der Waals surface area contributed by atoms with Gasteiger partial charge in [0.05, 0.1) is 0 Å². The summed E-state index contributed by atoms with van der Waals surface area (Å²) in [6.07, 6.45) is 1.72. The van der Waals surface area contributed by atoms with E-state index in [-0.39, 0.29) is 5.91 Å². The van der Waals surface area contributed by atoms with Crippen molar-refractivity contribution < 1.29 is 9.21 Å². The zero-order valence-electron chi connectivity index (χ0n) is 13.0. The first-order valence-corrected chi connectivity index (χ1v) is 8.22. The van der Waals surface area contributed by atoms with Crippen molar-refractivity contribution in [1.82, 2.24) is 9.80 Å². The number of nitrogens with zero attached hydrogens (tertiary/aromatic N) is 2. The number of carbonyl (C=O) groups is 1. The van der Waals surface area contributed by atoms with Crippen LogP contribution in [0, 0.1) is 6.92 Å². The van der Waals surface area contributed by atoms with Gasteiger partial charge in [-0.15, -0.1) is 0 Å². The summed E-state index contributed by atoms with van der Waals surface area (Å²) in [5.41, 5.74) is 2.64. The van der Waals surface area contributed by atoms with Crippen molar-refractivity contribution in [3.8, 4) is 11.3 Å². The highest BCUT2D eigenvalue weighted by Crippen LogP contribution is 2.28. The zero-order chi connectivity index (χ0) is 16.7. The Bertz CT molecular complexity index is 841. The maximum absolute atomic E-state index is 12.2. The van der Waals surface area contributed by atoms with E-state index in [4.69, 9.17) is 16.6 Å². The van der Waals surface area contributed by atoms with Gasteiger partial charge < -0.3 is 9.32 Å². The second-order valence-corrected chi connectivity index (χ2v) is 6.62. The summed E-state index contributed by atoms with van der Waals surface area (Å²) >= 11 is 8.69. The highest BCUT2D eigenvalue weighted by Gasteiger charge is 2.32. The fourth-order valence-electron chi connectivity index (χ4n) is 2.41. The van der Waals surface area contributed by atoms with E-state index >= 15 is 0 Å². The second kappa shape index (κ2) is 5.94. The molecule has 0 radical (unpaired) electrons. The molecule has 1 aliphatic heterocycles. The Balaban J connectivity index is 1.93. The molecule has 1 aromatic carbocycles. The lowest BCUT2D eigenvalue weighted by Gasteiger charge is -2.10. The van der Waals surface area contributed by atoms with Crippen molar-refractivity contribution in [1.29, 1.82) is 0 Å². The first kappa shape index (κ1) is 16.0. The quantitative estimate of drug-likeness (QED) is 0.572. The Morgan fingerprint density at radius 3 is 2.52 bits per heavy atom. The minimum atomic E-state index is -0.130. The number of hydrogen-bond acceptors (Lipinski definition) is 3. The van der Waals surface area contributed by atoms with Crippen LogP contribution < -0.4 is 0 Å². The van der Waals surface area contributed by atoms with Gasteiger partial charge in [0.1, 0.15) is 17.2 Å². The number of likely N-dealkylation sites (N-methyl/N-ethyl adjacent to an activating group) is 2.